The van der Waals surface area contributed by atoms with Gasteiger partial charge in [0.25, 0.3) is 0 Å². The summed E-state index contributed by atoms with van der Waals surface area (Å²) in [7, 11) is 0. The van der Waals surface area contributed by atoms with Crippen LogP contribution in [0.4, 0.5) is 17.6 Å². The molecule has 18 heavy (non-hydrogen) atoms. The van der Waals surface area contributed by atoms with Gasteiger partial charge in [-0.05, 0) is 12.5 Å². The van der Waals surface area contributed by atoms with Gasteiger partial charge < -0.3 is 20.8 Å². The summed E-state index contributed by atoms with van der Waals surface area (Å²) in [5.74, 6) is 1.69. The highest BCUT2D eigenvalue weighted by Crippen LogP contribution is 2.13. The molecule has 6 heteroatoms. The molecule has 0 aliphatic rings. The zero-order chi connectivity index (χ0) is 12.8. The normalized spacial score (nSPS) is 10.3. The largest absolute Gasteiger partial charge is 0.472 e. The van der Waals surface area contributed by atoms with Gasteiger partial charge in [-0.3, -0.25) is 0 Å². The fraction of sp³-hybridized carbons (Fsp3) is 0.333. The van der Waals surface area contributed by atoms with Gasteiger partial charge in [0.1, 0.15) is 11.6 Å². The minimum Gasteiger partial charge on any atom is -0.472 e. The van der Waals surface area contributed by atoms with E-state index in [0.29, 0.717) is 12.4 Å². The molecule has 2 heterocycles. The molecule has 2 rings (SSSR count). The van der Waals surface area contributed by atoms with E-state index in [9.17, 15) is 0 Å². The molecule has 0 aliphatic heterocycles. The van der Waals surface area contributed by atoms with Gasteiger partial charge in [0.15, 0.2) is 0 Å². The van der Waals surface area contributed by atoms with Gasteiger partial charge in [-0.2, -0.15) is 9.97 Å². The molecule has 0 fully saturated rings. The SMILES string of the molecule is CCCNc1cc(NCc2ccoc2)nc(N)n1. The first-order chi connectivity index (χ1) is 8.78. The van der Waals surface area contributed by atoms with Crippen molar-refractivity contribution in [3.05, 3.63) is 30.2 Å². The number of anilines is 3. The Labute approximate surface area is 106 Å². The second-order valence-electron chi connectivity index (χ2n) is 3.91. The zero-order valence-corrected chi connectivity index (χ0v) is 10.3. The van der Waals surface area contributed by atoms with Crippen molar-refractivity contribution in [1.29, 1.82) is 0 Å². The van der Waals surface area contributed by atoms with Crippen LogP contribution in [-0.2, 0) is 6.54 Å². The number of nitrogen functional groups attached to an aromatic ring is 1. The van der Waals surface area contributed by atoms with Gasteiger partial charge in [-0.15, -0.1) is 0 Å². The maximum atomic E-state index is 5.66. The summed E-state index contributed by atoms with van der Waals surface area (Å²) in [6, 6.07) is 3.74. The maximum Gasteiger partial charge on any atom is 0.223 e. The molecule has 0 amide bonds. The Hall–Kier alpha value is -2.24. The third-order valence-electron chi connectivity index (χ3n) is 2.35. The summed E-state index contributed by atoms with van der Waals surface area (Å²) in [6.07, 6.45) is 4.36. The second kappa shape index (κ2) is 5.90. The number of hydrogen-bond acceptors (Lipinski definition) is 6. The number of hydrogen-bond donors (Lipinski definition) is 3. The topological polar surface area (TPSA) is 89.0 Å². The Morgan fingerprint density at radius 2 is 2.06 bits per heavy atom. The highest BCUT2D eigenvalue weighted by atomic mass is 16.3. The summed E-state index contributed by atoms with van der Waals surface area (Å²) < 4.78 is 4.99. The smallest absolute Gasteiger partial charge is 0.223 e. The molecule has 0 unspecified atom stereocenters. The van der Waals surface area contributed by atoms with Gasteiger partial charge in [-0.25, -0.2) is 0 Å². The Morgan fingerprint density at radius 1 is 1.28 bits per heavy atom. The second-order valence-corrected chi connectivity index (χ2v) is 3.91. The van der Waals surface area contributed by atoms with Crippen LogP contribution in [0.5, 0.6) is 0 Å². The minimum absolute atomic E-state index is 0.255. The molecule has 96 valence electrons. The highest BCUT2D eigenvalue weighted by Gasteiger charge is 2.02. The average molecular weight is 247 g/mol. The van der Waals surface area contributed by atoms with E-state index in [2.05, 4.69) is 27.5 Å². The summed E-state index contributed by atoms with van der Waals surface area (Å²) in [6.45, 7) is 3.59. The first-order valence-electron chi connectivity index (χ1n) is 5.91. The van der Waals surface area contributed by atoms with E-state index < -0.39 is 0 Å². The Bertz CT molecular complexity index is 483. The van der Waals surface area contributed by atoms with Crippen LogP contribution in [-0.4, -0.2) is 16.5 Å². The molecule has 6 nitrogen and oxygen atoms in total. The van der Waals surface area contributed by atoms with Crippen LogP contribution < -0.4 is 16.4 Å². The Balaban J connectivity index is 2.00. The molecule has 0 radical (unpaired) electrons. The van der Waals surface area contributed by atoms with E-state index in [-0.39, 0.29) is 5.95 Å². The van der Waals surface area contributed by atoms with Gasteiger partial charge in [0.2, 0.25) is 5.95 Å². The third kappa shape index (κ3) is 3.38. The lowest BCUT2D eigenvalue weighted by atomic mass is 10.3. The standard InChI is InChI=1S/C12H17N5O/c1-2-4-14-10-6-11(17-12(13)16-10)15-7-9-3-5-18-8-9/h3,5-6,8H,2,4,7H2,1H3,(H4,13,14,15,16,17). The molecule has 2 aromatic rings. The first kappa shape index (κ1) is 12.2. The van der Waals surface area contributed by atoms with E-state index >= 15 is 0 Å². The van der Waals surface area contributed by atoms with Crippen LogP contribution in [0.25, 0.3) is 0 Å². The van der Waals surface area contributed by atoms with Crippen molar-refractivity contribution in [2.24, 2.45) is 0 Å². The van der Waals surface area contributed by atoms with Crippen LogP contribution in [0.1, 0.15) is 18.9 Å². The van der Waals surface area contributed by atoms with Crippen molar-refractivity contribution in [2.75, 3.05) is 22.9 Å². The monoisotopic (exact) mass is 247 g/mol. The summed E-state index contributed by atoms with van der Waals surface area (Å²) in [5.41, 5.74) is 6.71. The van der Waals surface area contributed by atoms with E-state index in [1.54, 1.807) is 12.5 Å². The molecule has 4 N–H and O–H groups in total. The molecule has 0 aliphatic carbocycles. The molecule has 0 saturated heterocycles. The molecule has 0 bridgehead atoms. The van der Waals surface area contributed by atoms with Crippen LogP contribution in [0.2, 0.25) is 0 Å². The van der Waals surface area contributed by atoms with E-state index in [4.69, 9.17) is 10.2 Å². The van der Waals surface area contributed by atoms with Crippen LogP contribution >= 0.6 is 0 Å². The zero-order valence-electron chi connectivity index (χ0n) is 10.3. The van der Waals surface area contributed by atoms with Gasteiger partial charge in [0, 0.05) is 24.7 Å². The van der Waals surface area contributed by atoms with Gasteiger partial charge in [-0.1, -0.05) is 6.92 Å². The summed E-state index contributed by atoms with van der Waals surface area (Å²) in [5, 5.41) is 6.35. The highest BCUT2D eigenvalue weighted by molar-refractivity contribution is 5.51. The quantitative estimate of drug-likeness (QED) is 0.724. The predicted molar refractivity (Wildman–Crippen MR) is 71.3 cm³/mol. The molecular formula is C12H17N5O. The molecule has 0 aromatic carbocycles. The fourth-order valence-corrected chi connectivity index (χ4v) is 1.49. The van der Waals surface area contributed by atoms with Crippen molar-refractivity contribution in [2.45, 2.75) is 19.9 Å². The summed E-state index contributed by atoms with van der Waals surface area (Å²) in [4.78, 5) is 8.24. The number of nitrogens with two attached hydrogens (primary N) is 1. The van der Waals surface area contributed by atoms with Crippen molar-refractivity contribution in [3.8, 4) is 0 Å². The van der Waals surface area contributed by atoms with Crippen LogP contribution in [0, 0.1) is 0 Å². The van der Waals surface area contributed by atoms with Crippen molar-refractivity contribution < 1.29 is 4.42 Å². The molecular weight excluding hydrogens is 230 g/mol. The lowest BCUT2D eigenvalue weighted by molar-refractivity contribution is 0.564. The lowest BCUT2D eigenvalue weighted by Crippen LogP contribution is -2.08. The minimum atomic E-state index is 0.255. The number of rotatable bonds is 6. The van der Waals surface area contributed by atoms with Gasteiger partial charge >= 0.3 is 0 Å². The van der Waals surface area contributed by atoms with Crippen LogP contribution in [0.3, 0.4) is 0 Å². The number of nitrogens with one attached hydrogen (secondary N) is 2. The van der Waals surface area contributed by atoms with E-state index in [0.717, 1.165) is 24.3 Å². The molecule has 2 aromatic heterocycles. The fourth-order valence-electron chi connectivity index (χ4n) is 1.49. The summed E-state index contributed by atoms with van der Waals surface area (Å²) >= 11 is 0. The van der Waals surface area contributed by atoms with Crippen LogP contribution in [0.15, 0.2) is 29.1 Å². The maximum absolute atomic E-state index is 5.66. The van der Waals surface area contributed by atoms with Gasteiger partial charge in [0.05, 0.1) is 12.5 Å². The van der Waals surface area contributed by atoms with Crippen molar-refractivity contribution in [1.82, 2.24) is 9.97 Å². The first-order valence-corrected chi connectivity index (χ1v) is 5.91. The lowest BCUT2D eigenvalue weighted by Gasteiger charge is -2.08. The predicted octanol–water partition coefficient (Wildman–Crippen LogP) is 2.09. The Kier molecular flexibility index (Phi) is 4.01. The molecule has 0 spiro atoms. The molecule has 0 atom stereocenters. The number of furan rings is 1. The van der Waals surface area contributed by atoms with E-state index in [1.165, 1.54) is 0 Å². The van der Waals surface area contributed by atoms with Crippen molar-refractivity contribution >= 4 is 17.6 Å². The molecule has 0 saturated carbocycles. The Morgan fingerprint density at radius 3 is 2.72 bits per heavy atom. The number of aromatic nitrogens is 2. The van der Waals surface area contributed by atoms with E-state index in [1.807, 2.05) is 12.1 Å². The number of nitrogens with zero attached hydrogens (tertiary/aromatic N) is 2. The average Bonchev–Trinajstić information content (AvgIpc) is 2.86. The van der Waals surface area contributed by atoms with Crippen molar-refractivity contribution in [3.63, 3.8) is 0 Å². The third-order valence-corrected chi connectivity index (χ3v) is 2.35.